The maximum Gasteiger partial charge on any atom is 0.408 e. The van der Waals surface area contributed by atoms with Crippen LogP contribution in [0, 0.1) is 0 Å². The number of carbonyl (C=O) groups is 5. The summed E-state index contributed by atoms with van der Waals surface area (Å²) in [6.45, 7) is 2.22. The normalized spacial score (nSPS) is 12.2. The number of nitrogens with zero attached hydrogens (tertiary/aromatic N) is 2. The highest BCUT2D eigenvalue weighted by molar-refractivity contribution is 5.96. The van der Waals surface area contributed by atoms with E-state index in [1.165, 1.54) is 26.1 Å². The molecule has 2 rings (SSSR count). The molecular weight excluding hydrogens is 468 g/mol. The van der Waals surface area contributed by atoms with Gasteiger partial charge in [-0.2, -0.15) is 0 Å². The van der Waals surface area contributed by atoms with Crippen LogP contribution in [-0.2, 0) is 30.5 Å². The standard InChI is InChI=1S/C24H28N6O6/c1-16(28-24(35)36-15-19-7-4-3-5-8-19)22(33)27-17(2)23(34)29-30(14-20(25)31)21(32)11-10-18-9-6-12-26-13-18/h3-13,16-17H,14-15H2,1-2H3,(H2,25,31)(H,27,33)(H,28,35)(H,29,34)/b11-10+/t16-,17-/m0/s1. The Kier molecular flexibility index (Phi) is 10.6. The summed E-state index contributed by atoms with van der Waals surface area (Å²) in [6, 6.07) is 10.2. The number of ether oxygens (including phenoxy) is 1. The maximum absolute atomic E-state index is 12.5. The molecule has 0 saturated heterocycles. The molecule has 0 radical (unpaired) electrons. The molecule has 0 aliphatic rings. The topological polar surface area (TPSA) is 173 Å². The van der Waals surface area contributed by atoms with E-state index in [0.29, 0.717) is 5.56 Å². The fourth-order valence-electron chi connectivity index (χ4n) is 2.70. The highest BCUT2D eigenvalue weighted by atomic mass is 16.5. The van der Waals surface area contributed by atoms with E-state index in [1.807, 2.05) is 6.07 Å². The number of rotatable bonds is 10. The van der Waals surface area contributed by atoms with Gasteiger partial charge in [-0.25, -0.2) is 9.80 Å². The van der Waals surface area contributed by atoms with Crippen LogP contribution in [0.25, 0.3) is 6.08 Å². The van der Waals surface area contributed by atoms with Crippen molar-refractivity contribution in [2.45, 2.75) is 32.5 Å². The molecule has 1 aromatic carbocycles. The molecule has 36 heavy (non-hydrogen) atoms. The molecule has 0 aliphatic carbocycles. The number of primary amides is 1. The van der Waals surface area contributed by atoms with Gasteiger partial charge in [0, 0.05) is 18.5 Å². The van der Waals surface area contributed by atoms with Crippen LogP contribution < -0.4 is 21.8 Å². The first kappa shape index (κ1) is 27.5. The van der Waals surface area contributed by atoms with Crippen LogP contribution in [0.1, 0.15) is 25.0 Å². The van der Waals surface area contributed by atoms with Crippen molar-refractivity contribution in [1.82, 2.24) is 26.1 Å². The summed E-state index contributed by atoms with van der Waals surface area (Å²) in [5.41, 5.74) is 8.84. The second-order valence-electron chi connectivity index (χ2n) is 7.64. The Morgan fingerprint density at radius 3 is 2.33 bits per heavy atom. The van der Waals surface area contributed by atoms with Crippen LogP contribution >= 0.6 is 0 Å². The van der Waals surface area contributed by atoms with Crippen molar-refractivity contribution in [1.29, 1.82) is 0 Å². The summed E-state index contributed by atoms with van der Waals surface area (Å²) in [5, 5.41) is 5.50. The van der Waals surface area contributed by atoms with Gasteiger partial charge in [0.1, 0.15) is 25.2 Å². The number of alkyl carbamates (subject to hydrolysis) is 1. The van der Waals surface area contributed by atoms with Gasteiger partial charge in [0.25, 0.3) is 11.8 Å². The molecule has 0 unspecified atom stereocenters. The van der Waals surface area contributed by atoms with Crippen molar-refractivity contribution in [2.75, 3.05) is 6.54 Å². The summed E-state index contributed by atoms with van der Waals surface area (Å²) in [5.74, 6) is -3.03. The van der Waals surface area contributed by atoms with Gasteiger partial charge in [-0.15, -0.1) is 0 Å². The van der Waals surface area contributed by atoms with Gasteiger partial charge in [0.15, 0.2) is 0 Å². The molecule has 12 heteroatoms. The van der Waals surface area contributed by atoms with Crippen molar-refractivity contribution in [2.24, 2.45) is 5.73 Å². The molecule has 12 nitrogen and oxygen atoms in total. The lowest BCUT2D eigenvalue weighted by atomic mass is 10.2. The summed E-state index contributed by atoms with van der Waals surface area (Å²) in [7, 11) is 0. The minimum absolute atomic E-state index is 0.0266. The Labute approximate surface area is 207 Å². The Hall–Kier alpha value is -4.74. The Bertz CT molecular complexity index is 1090. The number of aromatic nitrogens is 1. The lowest BCUT2D eigenvalue weighted by Gasteiger charge is -2.24. The molecule has 2 aromatic rings. The number of benzene rings is 1. The van der Waals surface area contributed by atoms with Gasteiger partial charge in [0.2, 0.25) is 11.8 Å². The molecule has 0 fully saturated rings. The van der Waals surface area contributed by atoms with Gasteiger partial charge < -0.3 is 21.1 Å². The third kappa shape index (κ3) is 9.63. The maximum atomic E-state index is 12.5. The number of hydrazine groups is 1. The Balaban J connectivity index is 1.87. The van der Waals surface area contributed by atoms with Gasteiger partial charge in [-0.3, -0.25) is 29.6 Å². The summed E-state index contributed by atoms with van der Waals surface area (Å²) < 4.78 is 5.06. The van der Waals surface area contributed by atoms with E-state index in [9.17, 15) is 24.0 Å². The molecule has 0 spiro atoms. The van der Waals surface area contributed by atoms with Crippen LogP contribution in [0.15, 0.2) is 60.9 Å². The molecule has 0 aliphatic heterocycles. The predicted molar refractivity (Wildman–Crippen MR) is 129 cm³/mol. The molecule has 1 heterocycles. The van der Waals surface area contributed by atoms with Gasteiger partial charge in [0.05, 0.1) is 0 Å². The number of amides is 5. The van der Waals surface area contributed by atoms with Crippen LogP contribution in [0.3, 0.4) is 0 Å². The number of carbonyl (C=O) groups excluding carboxylic acids is 5. The zero-order valence-corrected chi connectivity index (χ0v) is 19.8. The van der Waals surface area contributed by atoms with E-state index in [1.54, 1.807) is 42.6 Å². The SMILES string of the molecule is C[C@H](NC(=O)OCc1ccccc1)C(=O)N[C@@H](C)C(=O)NN(CC(N)=O)C(=O)/C=C/c1cccnc1. The number of nitrogens with two attached hydrogens (primary N) is 1. The fourth-order valence-corrected chi connectivity index (χ4v) is 2.70. The minimum Gasteiger partial charge on any atom is -0.445 e. The first-order valence-corrected chi connectivity index (χ1v) is 10.9. The van der Waals surface area contributed by atoms with Crippen LogP contribution in [0.2, 0.25) is 0 Å². The van der Waals surface area contributed by atoms with Gasteiger partial charge >= 0.3 is 6.09 Å². The smallest absolute Gasteiger partial charge is 0.408 e. The van der Waals surface area contributed by atoms with Crippen LogP contribution in [-0.4, -0.2) is 58.3 Å². The molecular formula is C24H28N6O6. The molecule has 0 bridgehead atoms. The zero-order valence-electron chi connectivity index (χ0n) is 19.8. The van der Waals surface area contributed by atoms with Crippen molar-refractivity contribution in [3.05, 3.63) is 72.1 Å². The monoisotopic (exact) mass is 496 g/mol. The lowest BCUT2D eigenvalue weighted by molar-refractivity contribution is -0.142. The van der Waals surface area contributed by atoms with E-state index in [4.69, 9.17) is 10.5 Å². The number of nitrogens with one attached hydrogen (secondary N) is 3. The Morgan fingerprint density at radius 2 is 1.69 bits per heavy atom. The number of hydrogen-bond acceptors (Lipinski definition) is 7. The third-order valence-corrected chi connectivity index (χ3v) is 4.62. The molecule has 1 aromatic heterocycles. The average Bonchev–Trinajstić information content (AvgIpc) is 2.86. The zero-order chi connectivity index (χ0) is 26.5. The van der Waals surface area contributed by atoms with E-state index in [-0.39, 0.29) is 6.61 Å². The highest BCUT2D eigenvalue weighted by Gasteiger charge is 2.24. The first-order chi connectivity index (χ1) is 17.2. The second-order valence-corrected chi connectivity index (χ2v) is 7.64. The predicted octanol–water partition coefficient (Wildman–Crippen LogP) is 0.260. The quantitative estimate of drug-likeness (QED) is 0.270. The first-order valence-electron chi connectivity index (χ1n) is 10.9. The fraction of sp³-hybridized carbons (Fsp3) is 0.250. The summed E-state index contributed by atoms with van der Waals surface area (Å²) in [4.78, 5) is 64.6. The number of hydrogen-bond donors (Lipinski definition) is 4. The minimum atomic E-state index is -1.12. The van der Waals surface area contributed by atoms with Gasteiger partial charge in [-0.1, -0.05) is 36.4 Å². The van der Waals surface area contributed by atoms with E-state index < -0.39 is 48.4 Å². The molecule has 5 amide bonds. The number of pyridine rings is 1. The van der Waals surface area contributed by atoms with E-state index >= 15 is 0 Å². The average molecular weight is 497 g/mol. The lowest BCUT2D eigenvalue weighted by Crippen LogP contribution is -2.56. The largest absolute Gasteiger partial charge is 0.445 e. The van der Waals surface area contributed by atoms with Crippen molar-refractivity contribution in [3.8, 4) is 0 Å². The van der Waals surface area contributed by atoms with Crippen molar-refractivity contribution >= 4 is 35.8 Å². The molecule has 190 valence electrons. The summed E-state index contributed by atoms with van der Waals surface area (Å²) in [6.07, 6.45) is 4.86. The third-order valence-electron chi connectivity index (χ3n) is 4.62. The van der Waals surface area contributed by atoms with Crippen LogP contribution in [0.4, 0.5) is 4.79 Å². The second kappa shape index (κ2) is 13.8. The van der Waals surface area contributed by atoms with Crippen LogP contribution in [0.5, 0.6) is 0 Å². The van der Waals surface area contributed by atoms with E-state index in [2.05, 4.69) is 21.0 Å². The molecule has 5 N–H and O–H groups in total. The van der Waals surface area contributed by atoms with Crippen molar-refractivity contribution in [3.63, 3.8) is 0 Å². The highest BCUT2D eigenvalue weighted by Crippen LogP contribution is 2.02. The van der Waals surface area contributed by atoms with Crippen molar-refractivity contribution < 1.29 is 28.7 Å². The Morgan fingerprint density at radius 1 is 1.00 bits per heavy atom. The summed E-state index contributed by atoms with van der Waals surface area (Å²) >= 11 is 0. The van der Waals surface area contributed by atoms with Gasteiger partial charge in [-0.05, 0) is 37.1 Å². The molecule has 0 saturated carbocycles. The molecule has 2 atom stereocenters. The van der Waals surface area contributed by atoms with E-state index in [0.717, 1.165) is 16.6 Å².